The van der Waals surface area contributed by atoms with Crippen molar-refractivity contribution in [3.05, 3.63) is 24.3 Å². The van der Waals surface area contributed by atoms with Crippen molar-refractivity contribution in [2.75, 3.05) is 0 Å². The van der Waals surface area contributed by atoms with E-state index in [9.17, 15) is 4.39 Å². The van der Waals surface area contributed by atoms with Gasteiger partial charge in [-0.05, 0) is 12.0 Å². The highest BCUT2D eigenvalue weighted by Gasteiger charge is 1.58. The molecule has 0 unspecified atom stereocenters. The molecule has 0 heterocycles. The highest BCUT2D eigenvalue weighted by Crippen LogP contribution is 1.73. The highest BCUT2D eigenvalue weighted by molar-refractivity contribution is 5.19. The first kappa shape index (κ1) is 7.46. The first-order valence-electron chi connectivity index (χ1n) is 2.24. The lowest BCUT2D eigenvalue weighted by atomic mass is 10.4. The van der Waals surface area contributed by atoms with E-state index < -0.39 is 0 Å². The molecule has 0 saturated heterocycles. The molecular weight excluding hydrogens is 117 g/mol. The molecule has 0 saturated carbocycles. The maximum absolute atomic E-state index is 11.0. The van der Waals surface area contributed by atoms with Crippen LogP contribution in [0.15, 0.2) is 24.3 Å². The van der Waals surface area contributed by atoms with Gasteiger partial charge in [-0.1, -0.05) is 12.2 Å². The zero-order valence-electron chi connectivity index (χ0n) is 4.63. The molecule has 9 heavy (non-hydrogen) atoms. The molecule has 0 aromatic heterocycles. The minimum Gasteiger partial charge on any atom is -0.193 e. The topological polar surface area (TPSA) is 23.8 Å². The van der Waals surface area contributed by atoms with E-state index in [-0.39, 0.29) is 0 Å². The number of hydrogen-bond donors (Lipinski definition) is 0. The zero-order chi connectivity index (χ0) is 6.95. The maximum Gasteiger partial charge on any atom is 0.110 e. The smallest absolute Gasteiger partial charge is 0.110 e. The maximum atomic E-state index is 11.0. The van der Waals surface area contributed by atoms with Crippen molar-refractivity contribution in [3.8, 4) is 18.2 Å². The van der Waals surface area contributed by atoms with Crippen LogP contribution in [0, 0.1) is 23.4 Å². The molecule has 0 aliphatic rings. The Bertz CT molecular complexity index is 209. The Labute approximate surface area is 53.1 Å². The standard InChI is InChI=1S/C7H4FN/c8-6-4-2-1-3-5-7-9/h1-3,5H/b2-1-,5-3+. The molecule has 44 valence electrons. The normalized spacial score (nSPS) is 8.89. The summed E-state index contributed by atoms with van der Waals surface area (Å²) < 4.78 is 11.0. The third-order valence-corrected chi connectivity index (χ3v) is 0.516. The summed E-state index contributed by atoms with van der Waals surface area (Å²) in [6, 6.07) is 1.77. The summed E-state index contributed by atoms with van der Waals surface area (Å²) in [6.45, 7) is 0. The minimum atomic E-state index is 1.19. The molecule has 0 N–H and O–H groups in total. The van der Waals surface area contributed by atoms with Gasteiger partial charge in [0.1, 0.15) is 6.17 Å². The van der Waals surface area contributed by atoms with E-state index in [0.29, 0.717) is 0 Å². The zero-order valence-corrected chi connectivity index (χ0v) is 4.63. The van der Waals surface area contributed by atoms with Gasteiger partial charge in [0.15, 0.2) is 0 Å². The van der Waals surface area contributed by atoms with Crippen molar-refractivity contribution in [2.24, 2.45) is 0 Å². The van der Waals surface area contributed by atoms with Gasteiger partial charge in [0, 0.05) is 6.08 Å². The number of nitriles is 1. The predicted octanol–water partition coefficient (Wildman–Crippen LogP) is 1.55. The van der Waals surface area contributed by atoms with E-state index in [2.05, 4.69) is 0 Å². The number of hydrogen-bond acceptors (Lipinski definition) is 1. The van der Waals surface area contributed by atoms with Crippen LogP contribution in [-0.4, -0.2) is 0 Å². The van der Waals surface area contributed by atoms with Crippen molar-refractivity contribution in [3.63, 3.8) is 0 Å². The number of nitrogens with zero attached hydrogens (tertiary/aromatic N) is 1. The lowest BCUT2D eigenvalue weighted by Gasteiger charge is -1.62. The molecule has 1 nitrogen and oxygen atoms in total. The van der Waals surface area contributed by atoms with Crippen LogP contribution in [0.1, 0.15) is 0 Å². The van der Waals surface area contributed by atoms with Crippen LogP contribution in [0.4, 0.5) is 4.39 Å². The summed E-state index contributed by atoms with van der Waals surface area (Å²) in [6.07, 6.45) is 6.74. The van der Waals surface area contributed by atoms with E-state index in [4.69, 9.17) is 5.26 Å². The largest absolute Gasteiger partial charge is 0.193 e. The fourth-order valence-corrected chi connectivity index (χ4v) is 0.234. The Morgan fingerprint density at radius 1 is 1.22 bits per heavy atom. The van der Waals surface area contributed by atoms with Gasteiger partial charge in [0.05, 0.1) is 6.07 Å². The fraction of sp³-hybridized carbons (Fsp3) is 0. The van der Waals surface area contributed by atoms with Crippen LogP contribution < -0.4 is 0 Å². The van der Waals surface area contributed by atoms with Crippen molar-refractivity contribution < 1.29 is 4.39 Å². The molecule has 0 rings (SSSR count). The third-order valence-electron chi connectivity index (χ3n) is 0.516. The van der Waals surface area contributed by atoms with Gasteiger partial charge >= 0.3 is 0 Å². The average molecular weight is 121 g/mol. The Morgan fingerprint density at radius 3 is 2.44 bits per heavy atom. The van der Waals surface area contributed by atoms with E-state index in [0.717, 1.165) is 0 Å². The second kappa shape index (κ2) is 6.46. The summed E-state index contributed by atoms with van der Waals surface area (Å²) in [4.78, 5) is 0. The van der Waals surface area contributed by atoms with Crippen LogP contribution in [0.3, 0.4) is 0 Å². The minimum absolute atomic E-state index is 1.19. The average Bonchev–Trinajstić information content (AvgIpc) is 1.89. The number of allylic oxidation sites excluding steroid dienone is 4. The second-order valence-electron chi connectivity index (χ2n) is 1.09. The Morgan fingerprint density at radius 2 is 1.89 bits per heavy atom. The Hall–Kier alpha value is -1.54. The molecule has 0 spiro atoms. The molecule has 0 aliphatic heterocycles. The molecule has 2 heteroatoms. The lowest BCUT2D eigenvalue weighted by Crippen LogP contribution is -1.48. The molecular formula is C7H4FN. The summed E-state index contributed by atoms with van der Waals surface area (Å²) in [5.41, 5.74) is 0. The second-order valence-corrected chi connectivity index (χ2v) is 1.09. The van der Waals surface area contributed by atoms with Gasteiger partial charge in [0.25, 0.3) is 0 Å². The molecule has 0 radical (unpaired) electrons. The van der Waals surface area contributed by atoms with Crippen LogP contribution in [0.5, 0.6) is 0 Å². The van der Waals surface area contributed by atoms with Crippen LogP contribution in [-0.2, 0) is 0 Å². The van der Waals surface area contributed by atoms with Crippen molar-refractivity contribution >= 4 is 0 Å². The monoisotopic (exact) mass is 121 g/mol. The molecule has 0 aromatic carbocycles. The Balaban J connectivity index is 3.59. The van der Waals surface area contributed by atoms with Crippen molar-refractivity contribution in [1.82, 2.24) is 0 Å². The van der Waals surface area contributed by atoms with Crippen molar-refractivity contribution in [2.45, 2.75) is 0 Å². The fourth-order valence-electron chi connectivity index (χ4n) is 0.234. The van der Waals surface area contributed by atoms with E-state index in [1.165, 1.54) is 30.5 Å². The van der Waals surface area contributed by atoms with Crippen molar-refractivity contribution in [1.29, 1.82) is 5.26 Å². The first-order chi connectivity index (χ1) is 4.41. The van der Waals surface area contributed by atoms with Gasteiger partial charge in [0.2, 0.25) is 0 Å². The lowest BCUT2D eigenvalue weighted by molar-refractivity contribution is 0.774. The summed E-state index contributed by atoms with van der Waals surface area (Å²) in [5, 5.41) is 7.94. The first-order valence-corrected chi connectivity index (χ1v) is 2.24. The van der Waals surface area contributed by atoms with Gasteiger partial charge in [-0.2, -0.15) is 5.26 Å². The van der Waals surface area contributed by atoms with Crippen LogP contribution in [0.2, 0.25) is 0 Å². The molecule has 0 fully saturated rings. The van der Waals surface area contributed by atoms with Crippen LogP contribution in [0.25, 0.3) is 0 Å². The summed E-state index contributed by atoms with van der Waals surface area (Å²) in [5.74, 6) is 2.05. The SMILES string of the molecule is N#C/C=C/C=C\C#CF. The Kier molecular flexibility index (Phi) is 5.35. The van der Waals surface area contributed by atoms with E-state index in [1.54, 1.807) is 6.07 Å². The third kappa shape index (κ3) is 6.46. The molecule has 0 amide bonds. The summed E-state index contributed by atoms with van der Waals surface area (Å²) in [7, 11) is 0. The van der Waals surface area contributed by atoms with Gasteiger partial charge in [-0.25, -0.2) is 0 Å². The van der Waals surface area contributed by atoms with E-state index >= 15 is 0 Å². The predicted molar refractivity (Wildman–Crippen MR) is 32.8 cm³/mol. The van der Waals surface area contributed by atoms with Gasteiger partial charge in [-0.3, -0.25) is 0 Å². The molecule has 0 atom stereocenters. The van der Waals surface area contributed by atoms with Crippen LogP contribution >= 0.6 is 0 Å². The van der Waals surface area contributed by atoms with Gasteiger partial charge < -0.3 is 0 Å². The molecule has 0 aromatic rings. The molecule has 0 aliphatic carbocycles. The molecule has 0 bridgehead atoms. The number of rotatable bonds is 1. The summed E-state index contributed by atoms with van der Waals surface area (Å²) >= 11 is 0. The number of halogens is 1. The highest BCUT2D eigenvalue weighted by atomic mass is 19.1. The van der Waals surface area contributed by atoms with E-state index in [1.807, 2.05) is 5.92 Å². The van der Waals surface area contributed by atoms with Gasteiger partial charge in [-0.15, -0.1) is 4.39 Å². The quantitative estimate of drug-likeness (QED) is 0.293.